The van der Waals surface area contributed by atoms with Crippen molar-refractivity contribution in [2.75, 3.05) is 41.4 Å². The van der Waals surface area contributed by atoms with Gasteiger partial charge in [0.1, 0.15) is 6.04 Å². The standard InChI is InChI=1S/C37H64N6O6/c1-12-25(6)33(42(9)37(47)32(24(4)5)41-36(46)31(38-8)23(2)3)29(48-10)22-30(44)43-21-13-14-28(43)34(49-11)26(7)35(45)40-20-17-27-15-18-39-19-16-27/h15-16,18-19,23-26,28-29,31-34,38H,12-14,17,20-22H2,1-11H3,(H,40,45)(H,41,46)/t25-,26+,28?,29+,31?,32?,33-,34+/m0/s1. The van der Waals surface area contributed by atoms with Crippen molar-refractivity contribution in [1.82, 2.24) is 30.7 Å². The van der Waals surface area contributed by atoms with Gasteiger partial charge in [0.25, 0.3) is 0 Å². The quantitative estimate of drug-likeness (QED) is 0.190. The van der Waals surface area contributed by atoms with Crippen LogP contribution < -0.4 is 16.0 Å². The molecule has 3 N–H and O–H groups in total. The zero-order chi connectivity index (χ0) is 36.8. The molecule has 0 bridgehead atoms. The second-order valence-corrected chi connectivity index (χ2v) is 14.2. The Balaban J connectivity index is 2.20. The van der Waals surface area contributed by atoms with Gasteiger partial charge in [-0.15, -0.1) is 0 Å². The zero-order valence-corrected chi connectivity index (χ0v) is 31.8. The van der Waals surface area contributed by atoms with Gasteiger partial charge in [-0.05, 0) is 61.8 Å². The molecule has 2 rings (SSSR count). The molecule has 0 aliphatic carbocycles. The normalized spacial score (nSPS) is 19.1. The van der Waals surface area contributed by atoms with Crippen molar-refractivity contribution >= 4 is 23.6 Å². The van der Waals surface area contributed by atoms with E-state index in [0.717, 1.165) is 24.8 Å². The number of methoxy groups -OCH3 is 2. The fourth-order valence-corrected chi connectivity index (χ4v) is 7.09. The zero-order valence-electron chi connectivity index (χ0n) is 31.8. The van der Waals surface area contributed by atoms with Crippen molar-refractivity contribution in [2.45, 2.75) is 117 Å². The van der Waals surface area contributed by atoms with Crippen molar-refractivity contribution < 1.29 is 28.7 Å². The highest BCUT2D eigenvalue weighted by Gasteiger charge is 2.43. The molecular formula is C37H64N6O6. The molecule has 0 spiro atoms. The van der Waals surface area contributed by atoms with Crippen LogP contribution in [-0.2, 0) is 35.1 Å². The highest BCUT2D eigenvalue weighted by molar-refractivity contribution is 5.90. The van der Waals surface area contributed by atoms with Crippen LogP contribution in [-0.4, -0.2) is 116 Å². The van der Waals surface area contributed by atoms with Gasteiger partial charge in [0.05, 0.1) is 42.7 Å². The molecule has 1 aliphatic heterocycles. The average Bonchev–Trinajstić information content (AvgIpc) is 3.56. The van der Waals surface area contributed by atoms with Crippen LogP contribution in [0.2, 0.25) is 0 Å². The Morgan fingerprint density at radius 1 is 0.980 bits per heavy atom. The highest BCUT2D eigenvalue weighted by Crippen LogP contribution is 2.29. The molecule has 0 radical (unpaired) electrons. The smallest absolute Gasteiger partial charge is 0.245 e. The molecule has 2 heterocycles. The first-order chi connectivity index (χ1) is 23.2. The van der Waals surface area contributed by atoms with E-state index in [4.69, 9.17) is 9.47 Å². The van der Waals surface area contributed by atoms with E-state index in [1.807, 2.05) is 51.7 Å². The summed E-state index contributed by atoms with van der Waals surface area (Å²) in [4.78, 5) is 62.0. The molecule has 1 aliphatic rings. The molecule has 278 valence electrons. The van der Waals surface area contributed by atoms with Gasteiger partial charge in [-0.2, -0.15) is 0 Å². The van der Waals surface area contributed by atoms with Crippen molar-refractivity contribution in [3.8, 4) is 0 Å². The number of ether oxygens (including phenoxy) is 2. The molecular weight excluding hydrogens is 624 g/mol. The fourth-order valence-electron chi connectivity index (χ4n) is 7.09. The van der Waals surface area contributed by atoms with Crippen molar-refractivity contribution in [3.05, 3.63) is 30.1 Å². The fraction of sp³-hybridized carbons (Fsp3) is 0.757. The molecule has 3 unspecified atom stereocenters. The second kappa shape index (κ2) is 20.6. The summed E-state index contributed by atoms with van der Waals surface area (Å²) in [7, 11) is 6.64. The number of nitrogens with zero attached hydrogens (tertiary/aromatic N) is 3. The van der Waals surface area contributed by atoms with E-state index in [9.17, 15) is 19.2 Å². The van der Waals surface area contributed by atoms with Crippen molar-refractivity contribution in [3.63, 3.8) is 0 Å². The minimum atomic E-state index is -0.741. The Morgan fingerprint density at radius 3 is 2.14 bits per heavy atom. The number of hydrogen-bond acceptors (Lipinski definition) is 8. The van der Waals surface area contributed by atoms with Gasteiger partial charge in [0.2, 0.25) is 23.6 Å². The van der Waals surface area contributed by atoms with Crippen LogP contribution in [0.1, 0.15) is 79.7 Å². The van der Waals surface area contributed by atoms with Crippen LogP contribution in [0.25, 0.3) is 0 Å². The first-order valence-electron chi connectivity index (χ1n) is 18.0. The number of nitrogens with one attached hydrogen (secondary N) is 3. The van der Waals surface area contributed by atoms with Crippen LogP contribution in [0.15, 0.2) is 24.5 Å². The Hall–Kier alpha value is -3.09. The third-order valence-corrected chi connectivity index (χ3v) is 10.2. The number of hydrogen-bond donors (Lipinski definition) is 3. The van der Waals surface area contributed by atoms with Crippen LogP contribution in [0, 0.1) is 23.7 Å². The lowest BCUT2D eigenvalue weighted by Crippen LogP contribution is -2.59. The molecule has 1 fully saturated rings. The molecule has 1 aromatic heterocycles. The molecule has 49 heavy (non-hydrogen) atoms. The second-order valence-electron chi connectivity index (χ2n) is 14.2. The first kappa shape index (κ1) is 42.1. The SMILES string of the molecule is CC[C@H](C)[C@@H]([C@@H](CC(=O)N1CCCC1[C@H](OC)[C@@H](C)C(=O)NCCc1ccncc1)OC)N(C)C(=O)C(NC(=O)C(NC)C(C)C)C(C)C. The lowest BCUT2D eigenvalue weighted by atomic mass is 9.89. The van der Waals surface area contributed by atoms with Crippen LogP contribution in [0.5, 0.6) is 0 Å². The van der Waals surface area contributed by atoms with E-state index in [2.05, 4.69) is 34.8 Å². The molecule has 12 nitrogen and oxygen atoms in total. The highest BCUT2D eigenvalue weighted by atomic mass is 16.5. The summed E-state index contributed by atoms with van der Waals surface area (Å²) in [5.41, 5.74) is 1.09. The van der Waals surface area contributed by atoms with E-state index >= 15 is 0 Å². The van der Waals surface area contributed by atoms with Gasteiger partial charge in [0.15, 0.2) is 0 Å². The van der Waals surface area contributed by atoms with E-state index in [0.29, 0.717) is 19.5 Å². The Morgan fingerprint density at radius 2 is 1.61 bits per heavy atom. The van der Waals surface area contributed by atoms with Gasteiger partial charge in [0, 0.05) is 46.8 Å². The predicted molar refractivity (Wildman–Crippen MR) is 192 cm³/mol. The lowest BCUT2D eigenvalue weighted by Gasteiger charge is -2.41. The van der Waals surface area contributed by atoms with E-state index in [1.165, 1.54) is 0 Å². The molecule has 1 saturated heterocycles. The Kier molecular flexibility index (Phi) is 17.6. The number of pyridine rings is 1. The topological polar surface area (TPSA) is 142 Å². The summed E-state index contributed by atoms with van der Waals surface area (Å²) >= 11 is 0. The van der Waals surface area contributed by atoms with Gasteiger partial charge in [-0.1, -0.05) is 54.9 Å². The minimum Gasteiger partial charge on any atom is -0.379 e. The number of aromatic nitrogens is 1. The van der Waals surface area contributed by atoms with Crippen molar-refractivity contribution in [1.29, 1.82) is 0 Å². The third-order valence-electron chi connectivity index (χ3n) is 10.2. The Bertz CT molecular complexity index is 1180. The van der Waals surface area contributed by atoms with E-state index < -0.39 is 36.3 Å². The average molecular weight is 689 g/mol. The monoisotopic (exact) mass is 688 g/mol. The first-order valence-corrected chi connectivity index (χ1v) is 18.0. The summed E-state index contributed by atoms with van der Waals surface area (Å²) in [6, 6.07) is 2.00. The summed E-state index contributed by atoms with van der Waals surface area (Å²) in [5, 5.41) is 9.07. The number of rotatable bonds is 20. The molecule has 0 saturated carbocycles. The van der Waals surface area contributed by atoms with Gasteiger partial charge in [-0.3, -0.25) is 24.2 Å². The van der Waals surface area contributed by atoms with Gasteiger partial charge in [-0.25, -0.2) is 0 Å². The van der Waals surface area contributed by atoms with E-state index in [-0.39, 0.29) is 53.8 Å². The van der Waals surface area contributed by atoms with Gasteiger partial charge < -0.3 is 35.2 Å². The van der Waals surface area contributed by atoms with Crippen LogP contribution in [0.4, 0.5) is 0 Å². The summed E-state index contributed by atoms with van der Waals surface area (Å²) in [6.45, 7) is 14.7. The minimum absolute atomic E-state index is 0.00732. The molecule has 12 heteroatoms. The van der Waals surface area contributed by atoms with E-state index in [1.54, 1.807) is 45.6 Å². The maximum atomic E-state index is 14.1. The lowest BCUT2D eigenvalue weighted by molar-refractivity contribution is -0.147. The number of amides is 4. The maximum absolute atomic E-state index is 14.1. The number of likely N-dealkylation sites (tertiary alicyclic amines) is 1. The molecule has 1 aromatic rings. The number of likely N-dealkylation sites (N-methyl/N-ethyl adjacent to an activating group) is 2. The predicted octanol–water partition coefficient (Wildman–Crippen LogP) is 3.05. The number of carbonyl (C=O) groups excluding carboxylic acids is 4. The van der Waals surface area contributed by atoms with Gasteiger partial charge >= 0.3 is 0 Å². The Labute approximate surface area is 294 Å². The third kappa shape index (κ3) is 11.5. The van der Waals surface area contributed by atoms with Crippen LogP contribution in [0.3, 0.4) is 0 Å². The number of carbonyl (C=O) groups is 4. The summed E-state index contributed by atoms with van der Waals surface area (Å²) in [6.07, 6.45) is 5.45. The van der Waals surface area contributed by atoms with Crippen molar-refractivity contribution in [2.24, 2.45) is 23.7 Å². The summed E-state index contributed by atoms with van der Waals surface area (Å²) in [5.74, 6) is -1.24. The summed E-state index contributed by atoms with van der Waals surface area (Å²) < 4.78 is 11.9. The maximum Gasteiger partial charge on any atom is 0.245 e. The molecule has 0 aromatic carbocycles. The molecule has 4 amide bonds. The van der Waals surface area contributed by atoms with Crippen LogP contribution >= 0.6 is 0 Å². The largest absolute Gasteiger partial charge is 0.379 e. The molecule has 8 atom stereocenters.